The summed E-state index contributed by atoms with van der Waals surface area (Å²) >= 11 is 0. The molecule has 19 heavy (non-hydrogen) atoms. The molecule has 1 rings (SSSR count). The lowest BCUT2D eigenvalue weighted by Gasteiger charge is -2.27. The first kappa shape index (κ1) is 15.3. The van der Waals surface area contributed by atoms with E-state index in [0.717, 1.165) is 12.1 Å². The number of phenols is 1. The number of hydrogen-bond donors (Lipinski definition) is 2. The third kappa shape index (κ3) is 4.44. The van der Waals surface area contributed by atoms with Crippen LogP contribution in [0.5, 0.6) is 11.5 Å². The number of rotatable bonds is 7. The minimum absolute atomic E-state index is 0.0796. The van der Waals surface area contributed by atoms with Gasteiger partial charge in [-0.15, -0.1) is 0 Å². The molecule has 2 N–H and O–H groups in total. The maximum absolute atomic E-state index is 10.7. The Hall–Kier alpha value is -1.75. The second-order valence-electron chi connectivity index (χ2n) is 4.50. The van der Waals surface area contributed by atoms with Crippen molar-refractivity contribution in [1.82, 2.24) is 4.90 Å². The van der Waals surface area contributed by atoms with Crippen molar-refractivity contribution in [3.8, 4) is 11.5 Å². The van der Waals surface area contributed by atoms with Crippen LogP contribution >= 0.6 is 0 Å². The Bertz CT molecular complexity index is 433. The van der Waals surface area contributed by atoms with Gasteiger partial charge in [-0.05, 0) is 19.5 Å². The predicted molar refractivity (Wildman–Crippen MR) is 72.5 cm³/mol. The van der Waals surface area contributed by atoms with Crippen LogP contribution < -0.4 is 4.74 Å². The summed E-state index contributed by atoms with van der Waals surface area (Å²) in [5.74, 6) is -0.0480. The first-order chi connectivity index (χ1) is 8.97. The van der Waals surface area contributed by atoms with Gasteiger partial charge in [0.05, 0.1) is 13.5 Å². The van der Waals surface area contributed by atoms with Crippen LogP contribution in [0.2, 0.25) is 0 Å². The summed E-state index contributed by atoms with van der Waals surface area (Å²) in [5.41, 5.74) is 0.764. The molecule has 0 aliphatic carbocycles. The molecule has 1 aromatic carbocycles. The first-order valence-electron chi connectivity index (χ1n) is 6.29. The van der Waals surface area contributed by atoms with Gasteiger partial charge in [0.15, 0.2) is 0 Å². The molecule has 0 aromatic heterocycles. The van der Waals surface area contributed by atoms with E-state index < -0.39 is 5.97 Å². The molecular weight excluding hydrogens is 246 g/mol. The average molecular weight is 267 g/mol. The Kier molecular flexibility index (Phi) is 5.63. The number of aromatic hydroxyl groups is 1. The van der Waals surface area contributed by atoms with Gasteiger partial charge in [0.25, 0.3) is 0 Å². The maximum atomic E-state index is 10.7. The number of aliphatic carboxylic acids is 1. The third-order valence-corrected chi connectivity index (χ3v) is 3.17. The quantitative estimate of drug-likeness (QED) is 0.791. The number of carboxylic acids is 1. The fourth-order valence-electron chi connectivity index (χ4n) is 1.98. The van der Waals surface area contributed by atoms with E-state index in [1.54, 1.807) is 25.3 Å². The van der Waals surface area contributed by atoms with Gasteiger partial charge >= 0.3 is 5.97 Å². The minimum atomic E-state index is -0.815. The van der Waals surface area contributed by atoms with Gasteiger partial charge < -0.3 is 14.9 Å². The highest BCUT2D eigenvalue weighted by Gasteiger charge is 2.17. The monoisotopic (exact) mass is 267 g/mol. The van der Waals surface area contributed by atoms with Crippen LogP contribution in [0.15, 0.2) is 18.2 Å². The van der Waals surface area contributed by atoms with Gasteiger partial charge in [0.1, 0.15) is 11.5 Å². The second-order valence-corrected chi connectivity index (χ2v) is 4.50. The van der Waals surface area contributed by atoms with Crippen molar-refractivity contribution in [2.45, 2.75) is 32.9 Å². The van der Waals surface area contributed by atoms with E-state index in [1.165, 1.54) is 0 Å². The van der Waals surface area contributed by atoms with Gasteiger partial charge in [-0.25, -0.2) is 0 Å². The molecule has 0 spiro atoms. The molecule has 0 aliphatic heterocycles. The van der Waals surface area contributed by atoms with Gasteiger partial charge in [0, 0.05) is 24.2 Å². The molecule has 1 atom stereocenters. The third-order valence-electron chi connectivity index (χ3n) is 3.17. The van der Waals surface area contributed by atoms with Crippen molar-refractivity contribution in [2.75, 3.05) is 13.7 Å². The molecule has 0 radical (unpaired) electrons. The summed E-state index contributed by atoms with van der Waals surface area (Å²) in [6.45, 7) is 5.08. The summed E-state index contributed by atoms with van der Waals surface area (Å²) in [5, 5.41) is 18.7. The zero-order valence-electron chi connectivity index (χ0n) is 11.6. The van der Waals surface area contributed by atoms with E-state index in [1.807, 2.05) is 18.7 Å². The molecule has 1 aromatic rings. The highest BCUT2D eigenvalue weighted by molar-refractivity contribution is 5.67. The molecule has 106 valence electrons. The van der Waals surface area contributed by atoms with Gasteiger partial charge in [-0.3, -0.25) is 9.69 Å². The normalized spacial score (nSPS) is 12.4. The zero-order valence-corrected chi connectivity index (χ0v) is 11.6. The fraction of sp³-hybridized carbons (Fsp3) is 0.500. The molecule has 5 heteroatoms. The van der Waals surface area contributed by atoms with Gasteiger partial charge in [-0.1, -0.05) is 13.0 Å². The Morgan fingerprint density at radius 1 is 1.47 bits per heavy atom. The van der Waals surface area contributed by atoms with Gasteiger partial charge in [-0.2, -0.15) is 0 Å². The Labute approximate surface area is 113 Å². The topological polar surface area (TPSA) is 70.0 Å². The summed E-state index contributed by atoms with van der Waals surface area (Å²) in [4.78, 5) is 12.7. The largest absolute Gasteiger partial charge is 0.507 e. The summed E-state index contributed by atoms with van der Waals surface area (Å²) < 4.78 is 5.03. The van der Waals surface area contributed by atoms with Crippen molar-refractivity contribution in [3.05, 3.63) is 23.8 Å². The Morgan fingerprint density at radius 2 is 2.16 bits per heavy atom. The van der Waals surface area contributed by atoms with E-state index in [0.29, 0.717) is 12.3 Å². The van der Waals surface area contributed by atoms with Crippen LogP contribution in [0.4, 0.5) is 0 Å². The lowest BCUT2D eigenvalue weighted by molar-refractivity contribution is -0.138. The first-order valence-corrected chi connectivity index (χ1v) is 6.29. The van der Waals surface area contributed by atoms with Crippen molar-refractivity contribution < 1.29 is 19.7 Å². The molecule has 0 amide bonds. The molecule has 0 aliphatic rings. The fourth-order valence-corrected chi connectivity index (χ4v) is 1.98. The number of ether oxygens (including phenoxy) is 1. The van der Waals surface area contributed by atoms with E-state index >= 15 is 0 Å². The number of hydrogen-bond acceptors (Lipinski definition) is 4. The van der Waals surface area contributed by atoms with Crippen LogP contribution in [0.1, 0.15) is 25.8 Å². The van der Waals surface area contributed by atoms with Crippen LogP contribution in [0.25, 0.3) is 0 Å². The number of methoxy groups -OCH3 is 1. The lowest BCUT2D eigenvalue weighted by atomic mass is 10.1. The van der Waals surface area contributed by atoms with E-state index in [9.17, 15) is 9.90 Å². The lowest BCUT2D eigenvalue weighted by Crippen LogP contribution is -2.34. The number of benzene rings is 1. The number of carbonyl (C=O) groups is 1. The second kappa shape index (κ2) is 6.99. The highest BCUT2D eigenvalue weighted by Crippen LogP contribution is 2.25. The zero-order chi connectivity index (χ0) is 14.4. The maximum Gasteiger partial charge on any atom is 0.304 e. The minimum Gasteiger partial charge on any atom is -0.507 e. The molecule has 0 bridgehead atoms. The Morgan fingerprint density at radius 3 is 2.63 bits per heavy atom. The molecule has 0 heterocycles. The highest BCUT2D eigenvalue weighted by atomic mass is 16.5. The number of phenolic OH excluding ortho intramolecular Hbond substituents is 1. The SMILES string of the molecule is CCN(Cc1ccc(OC)cc1O)C(C)CC(=O)O. The van der Waals surface area contributed by atoms with Crippen LogP contribution in [-0.4, -0.2) is 40.8 Å². The van der Waals surface area contributed by atoms with Crippen LogP contribution in [0, 0.1) is 0 Å². The summed E-state index contributed by atoms with van der Waals surface area (Å²) in [6, 6.07) is 5.06. The molecule has 5 nitrogen and oxygen atoms in total. The van der Waals surface area contributed by atoms with Crippen LogP contribution in [-0.2, 0) is 11.3 Å². The Balaban J connectivity index is 2.78. The molecule has 1 unspecified atom stereocenters. The van der Waals surface area contributed by atoms with Crippen molar-refractivity contribution in [2.24, 2.45) is 0 Å². The number of nitrogens with zero attached hydrogens (tertiary/aromatic N) is 1. The van der Waals surface area contributed by atoms with E-state index in [2.05, 4.69) is 0 Å². The van der Waals surface area contributed by atoms with Crippen LogP contribution in [0.3, 0.4) is 0 Å². The molecular formula is C14H21NO4. The van der Waals surface area contributed by atoms with Gasteiger partial charge in [0.2, 0.25) is 0 Å². The molecule has 0 saturated carbocycles. The summed E-state index contributed by atoms with van der Waals surface area (Å²) in [7, 11) is 1.54. The molecule has 0 fully saturated rings. The number of carboxylic acid groups (broad SMARTS) is 1. The standard InChI is InChI=1S/C14H21NO4/c1-4-15(10(2)7-14(17)18)9-11-5-6-12(19-3)8-13(11)16/h5-6,8,10,16H,4,7,9H2,1-3H3,(H,17,18). The van der Waals surface area contributed by atoms with Crippen molar-refractivity contribution in [1.29, 1.82) is 0 Å². The predicted octanol–water partition coefficient (Wildman–Crippen LogP) is 2.09. The van der Waals surface area contributed by atoms with E-state index in [-0.39, 0.29) is 18.2 Å². The smallest absolute Gasteiger partial charge is 0.304 e. The van der Waals surface area contributed by atoms with Crippen molar-refractivity contribution >= 4 is 5.97 Å². The molecule has 0 saturated heterocycles. The summed E-state index contributed by atoms with van der Waals surface area (Å²) in [6.07, 6.45) is 0.0881. The van der Waals surface area contributed by atoms with Crippen molar-refractivity contribution in [3.63, 3.8) is 0 Å². The average Bonchev–Trinajstić information content (AvgIpc) is 2.36. The van der Waals surface area contributed by atoms with E-state index in [4.69, 9.17) is 9.84 Å².